The molecule has 2 N–H and O–H groups in total. The van der Waals surface area contributed by atoms with Crippen LogP contribution in [0, 0.1) is 0 Å². The Kier molecular flexibility index (Phi) is 6.87. The van der Waals surface area contributed by atoms with Crippen molar-refractivity contribution in [2.75, 3.05) is 49.5 Å². The molecule has 0 unspecified atom stereocenters. The molecule has 0 spiro atoms. The lowest BCUT2D eigenvalue weighted by Crippen LogP contribution is -2.48. The van der Waals surface area contributed by atoms with Gasteiger partial charge in [0.15, 0.2) is 0 Å². The molecular weight excluding hydrogens is 405 g/mol. The van der Waals surface area contributed by atoms with Crippen molar-refractivity contribution >= 4 is 29.0 Å². The number of anilines is 2. The second kappa shape index (κ2) is 9.37. The molecule has 5 nitrogen and oxygen atoms in total. The number of urea groups is 1. The molecule has 3 rings (SSSR count). The summed E-state index contributed by atoms with van der Waals surface area (Å²) in [6.45, 7) is 4.30. The third-order valence-electron chi connectivity index (χ3n) is 4.74. The third-order valence-corrected chi connectivity index (χ3v) is 4.97. The Hall–Kier alpha value is -2.45. The van der Waals surface area contributed by atoms with Crippen molar-refractivity contribution in [1.82, 2.24) is 10.2 Å². The van der Waals surface area contributed by atoms with Gasteiger partial charge in [0.25, 0.3) is 0 Å². The Morgan fingerprint density at radius 2 is 1.76 bits per heavy atom. The van der Waals surface area contributed by atoms with Gasteiger partial charge in [-0.2, -0.15) is 13.2 Å². The lowest BCUT2D eigenvalue weighted by Gasteiger charge is -2.36. The van der Waals surface area contributed by atoms with Crippen LogP contribution in [0.4, 0.5) is 29.3 Å². The molecule has 1 heterocycles. The van der Waals surface area contributed by atoms with Crippen LogP contribution in [-0.4, -0.2) is 50.2 Å². The predicted octanol–water partition coefficient (Wildman–Crippen LogP) is 4.30. The standard InChI is InChI=1S/C20H22ClF3N4O/c21-15-4-3-5-16(14-15)28-12-10-27(11-13-28)9-8-25-19(29)26-18-7-2-1-6-17(18)20(22,23)24/h1-7,14H,8-13H2,(H2,25,26,29). The Morgan fingerprint density at radius 1 is 1.03 bits per heavy atom. The van der Waals surface area contributed by atoms with E-state index in [1.54, 1.807) is 0 Å². The second-order valence-electron chi connectivity index (χ2n) is 6.73. The van der Waals surface area contributed by atoms with E-state index in [0.717, 1.165) is 37.9 Å². The zero-order valence-electron chi connectivity index (χ0n) is 15.7. The Balaban J connectivity index is 1.42. The number of hydrogen-bond acceptors (Lipinski definition) is 3. The quantitative estimate of drug-likeness (QED) is 0.749. The summed E-state index contributed by atoms with van der Waals surface area (Å²) in [5.41, 5.74) is -0.0436. The highest BCUT2D eigenvalue weighted by Crippen LogP contribution is 2.34. The molecule has 29 heavy (non-hydrogen) atoms. The van der Waals surface area contributed by atoms with Crippen LogP contribution in [0.1, 0.15) is 5.56 Å². The second-order valence-corrected chi connectivity index (χ2v) is 7.17. The molecule has 0 bridgehead atoms. The van der Waals surface area contributed by atoms with Gasteiger partial charge in [0.1, 0.15) is 0 Å². The topological polar surface area (TPSA) is 47.6 Å². The van der Waals surface area contributed by atoms with Crippen LogP contribution in [0.25, 0.3) is 0 Å². The molecule has 9 heteroatoms. The van der Waals surface area contributed by atoms with Gasteiger partial charge < -0.3 is 15.5 Å². The van der Waals surface area contributed by atoms with Gasteiger partial charge in [0, 0.05) is 50.0 Å². The van der Waals surface area contributed by atoms with E-state index < -0.39 is 17.8 Å². The lowest BCUT2D eigenvalue weighted by atomic mass is 10.1. The van der Waals surface area contributed by atoms with Gasteiger partial charge in [-0.05, 0) is 30.3 Å². The summed E-state index contributed by atoms with van der Waals surface area (Å²) in [7, 11) is 0. The maximum absolute atomic E-state index is 13.0. The number of nitrogens with zero attached hydrogens (tertiary/aromatic N) is 2. The Labute approximate surface area is 172 Å². The molecule has 0 saturated carbocycles. The van der Waals surface area contributed by atoms with E-state index in [-0.39, 0.29) is 5.69 Å². The summed E-state index contributed by atoms with van der Waals surface area (Å²) in [6.07, 6.45) is -4.52. The number of para-hydroxylation sites is 1. The minimum atomic E-state index is -4.52. The fourth-order valence-electron chi connectivity index (χ4n) is 3.24. The van der Waals surface area contributed by atoms with E-state index >= 15 is 0 Å². The van der Waals surface area contributed by atoms with Crippen molar-refractivity contribution in [3.8, 4) is 0 Å². The maximum atomic E-state index is 13.0. The van der Waals surface area contributed by atoms with Crippen molar-refractivity contribution in [3.05, 3.63) is 59.1 Å². The van der Waals surface area contributed by atoms with Gasteiger partial charge in [-0.15, -0.1) is 0 Å². The first-order chi connectivity index (χ1) is 13.8. The number of carbonyl (C=O) groups is 1. The van der Waals surface area contributed by atoms with Crippen LogP contribution in [0.5, 0.6) is 0 Å². The first kappa shape index (κ1) is 21.3. The van der Waals surface area contributed by atoms with Crippen molar-refractivity contribution in [3.63, 3.8) is 0 Å². The molecule has 1 fully saturated rings. The molecule has 0 radical (unpaired) electrons. The zero-order valence-corrected chi connectivity index (χ0v) is 16.4. The summed E-state index contributed by atoms with van der Waals surface area (Å²) in [4.78, 5) is 16.4. The van der Waals surface area contributed by atoms with Gasteiger partial charge in [-0.1, -0.05) is 29.8 Å². The third kappa shape index (κ3) is 6.01. The van der Waals surface area contributed by atoms with Gasteiger partial charge in [-0.3, -0.25) is 4.90 Å². The van der Waals surface area contributed by atoms with Crippen LogP contribution in [0.3, 0.4) is 0 Å². The number of benzene rings is 2. The highest BCUT2D eigenvalue weighted by Gasteiger charge is 2.33. The maximum Gasteiger partial charge on any atom is 0.418 e. The number of piperazine rings is 1. The van der Waals surface area contributed by atoms with Crippen molar-refractivity contribution in [2.24, 2.45) is 0 Å². The summed E-state index contributed by atoms with van der Waals surface area (Å²) in [5, 5.41) is 5.60. The van der Waals surface area contributed by atoms with E-state index in [1.807, 2.05) is 24.3 Å². The van der Waals surface area contributed by atoms with E-state index in [9.17, 15) is 18.0 Å². The fourth-order valence-corrected chi connectivity index (χ4v) is 3.42. The van der Waals surface area contributed by atoms with Crippen LogP contribution in [0.15, 0.2) is 48.5 Å². The number of halogens is 4. The first-order valence-electron chi connectivity index (χ1n) is 9.27. The summed E-state index contributed by atoms with van der Waals surface area (Å²) in [6, 6.07) is 12.0. The van der Waals surface area contributed by atoms with Crippen LogP contribution < -0.4 is 15.5 Å². The van der Waals surface area contributed by atoms with Crippen LogP contribution >= 0.6 is 11.6 Å². The highest BCUT2D eigenvalue weighted by molar-refractivity contribution is 6.30. The normalized spacial score (nSPS) is 15.2. The number of carbonyl (C=O) groups excluding carboxylic acids is 1. The summed E-state index contributed by atoms with van der Waals surface area (Å²) in [5.74, 6) is 0. The molecule has 0 aromatic heterocycles. The average molecular weight is 427 g/mol. The Morgan fingerprint density at radius 3 is 2.45 bits per heavy atom. The first-order valence-corrected chi connectivity index (χ1v) is 9.65. The minimum Gasteiger partial charge on any atom is -0.369 e. The smallest absolute Gasteiger partial charge is 0.369 e. The van der Waals surface area contributed by atoms with E-state index in [0.29, 0.717) is 18.1 Å². The molecule has 1 aliphatic rings. The average Bonchev–Trinajstić information content (AvgIpc) is 2.68. The Bertz CT molecular complexity index is 838. The number of hydrogen-bond donors (Lipinski definition) is 2. The lowest BCUT2D eigenvalue weighted by molar-refractivity contribution is -0.136. The molecule has 156 valence electrons. The molecule has 1 aliphatic heterocycles. The SMILES string of the molecule is O=C(NCCN1CCN(c2cccc(Cl)c2)CC1)Nc1ccccc1C(F)(F)F. The number of rotatable bonds is 5. The largest absolute Gasteiger partial charge is 0.418 e. The number of amides is 2. The van der Waals surface area contributed by atoms with Gasteiger partial charge in [0.05, 0.1) is 11.3 Å². The fraction of sp³-hybridized carbons (Fsp3) is 0.350. The molecule has 0 aliphatic carbocycles. The molecule has 2 aromatic rings. The van der Waals surface area contributed by atoms with Crippen molar-refractivity contribution < 1.29 is 18.0 Å². The van der Waals surface area contributed by atoms with Gasteiger partial charge in [0.2, 0.25) is 0 Å². The molecular formula is C20H22ClF3N4O. The van der Waals surface area contributed by atoms with E-state index in [1.165, 1.54) is 18.2 Å². The number of nitrogens with one attached hydrogen (secondary N) is 2. The van der Waals surface area contributed by atoms with Crippen molar-refractivity contribution in [1.29, 1.82) is 0 Å². The van der Waals surface area contributed by atoms with E-state index in [2.05, 4.69) is 20.4 Å². The van der Waals surface area contributed by atoms with E-state index in [4.69, 9.17) is 11.6 Å². The highest BCUT2D eigenvalue weighted by atomic mass is 35.5. The zero-order chi connectivity index (χ0) is 20.9. The molecule has 2 amide bonds. The van der Waals surface area contributed by atoms with Gasteiger partial charge in [-0.25, -0.2) is 4.79 Å². The monoisotopic (exact) mass is 426 g/mol. The predicted molar refractivity (Wildman–Crippen MR) is 109 cm³/mol. The number of alkyl halides is 3. The molecule has 1 saturated heterocycles. The molecule has 2 aromatic carbocycles. The molecule has 0 atom stereocenters. The summed E-state index contributed by atoms with van der Waals surface area (Å²) >= 11 is 6.04. The van der Waals surface area contributed by atoms with Gasteiger partial charge >= 0.3 is 12.2 Å². The van der Waals surface area contributed by atoms with Crippen LogP contribution in [0.2, 0.25) is 5.02 Å². The van der Waals surface area contributed by atoms with Crippen LogP contribution in [-0.2, 0) is 6.18 Å². The van der Waals surface area contributed by atoms with Crippen molar-refractivity contribution in [2.45, 2.75) is 6.18 Å². The minimum absolute atomic E-state index is 0.257. The summed E-state index contributed by atoms with van der Waals surface area (Å²) < 4.78 is 38.9.